The lowest BCUT2D eigenvalue weighted by Gasteiger charge is -2.59. The van der Waals surface area contributed by atoms with E-state index in [4.69, 9.17) is 14.2 Å². The van der Waals surface area contributed by atoms with Gasteiger partial charge in [-0.1, -0.05) is 43.7 Å². The first kappa shape index (κ1) is 40.3. The summed E-state index contributed by atoms with van der Waals surface area (Å²) in [6, 6.07) is 9.56. The van der Waals surface area contributed by atoms with Crippen LogP contribution in [0.3, 0.4) is 0 Å². The number of ether oxygens (including phenoxy) is 3. The van der Waals surface area contributed by atoms with Gasteiger partial charge < -0.3 is 34.1 Å². The number of aliphatic hydroxyl groups is 1. The third-order valence-electron chi connectivity index (χ3n) is 14.9. The molecule has 0 amide bonds. The van der Waals surface area contributed by atoms with Gasteiger partial charge in [0.25, 0.3) is 0 Å². The second-order valence-electron chi connectivity index (χ2n) is 18.3. The first-order valence-electron chi connectivity index (χ1n) is 21.3. The van der Waals surface area contributed by atoms with E-state index in [9.17, 15) is 29.1 Å². The number of rotatable bonds is 9. The van der Waals surface area contributed by atoms with Gasteiger partial charge in [-0.05, 0) is 94.1 Å². The molecule has 13 heteroatoms. The number of hydrogen-bond donors (Lipinski definition) is 2. The number of ketones is 2. The molecule has 0 radical (unpaired) electrons. The summed E-state index contributed by atoms with van der Waals surface area (Å²) in [5.41, 5.74) is -2.60. The Balaban J connectivity index is 1.05. The summed E-state index contributed by atoms with van der Waals surface area (Å²) in [5, 5.41) is 15.4. The number of piperazine rings is 1. The number of esters is 2. The molecule has 2 N–H and O–H groups in total. The number of fused-ring (bicyclic) bond motifs is 6. The van der Waals surface area contributed by atoms with Crippen LogP contribution in [0.2, 0.25) is 0 Å². The highest BCUT2D eigenvalue weighted by atomic mass is 19.1. The zero-order valence-corrected chi connectivity index (χ0v) is 34.5. The minimum atomic E-state index is -1.78. The second kappa shape index (κ2) is 14.8. The summed E-state index contributed by atoms with van der Waals surface area (Å²) in [4.78, 5) is 71.3. The van der Waals surface area contributed by atoms with Crippen molar-refractivity contribution in [2.24, 2.45) is 28.6 Å². The summed E-state index contributed by atoms with van der Waals surface area (Å²) in [6.07, 6.45) is 9.37. The van der Waals surface area contributed by atoms with E-state index in [0.717, 1.165) is 24.5 Å². The molecule has 1 aromatic heterocycles. The fourth-order valence-electron chi connectivity index (χ4n) is 12.0. The van der Waals surface area contributed by atoms with Crippen LogP contribution < -0.4 is 20.4 Å². The predicted molar refractivity (Wildman–Crippen MR) is 221 cm³/mol. The van der Waals surface area contributed by atoms with Crippen LogP contribution in [0.1, 0.15) is 92.5 Å². The van der Waals surface area contributed by atoms with Crippen LogP contribution in [0.25, 0.3) is 10.9 Å². The number of allylic oxidation sites excluding steroid dienone is 4. The van der Waals surface area contributed by atoms with Crippen molar-refractivity contribution >= 4 is 40.1 Å². The molecule has 0 spiro atoms. The number of carbonyl (C=O) groups excluding carboxylic acids is 4. The molecule has 0 bridgehead atoms. The maximum absolute atomic E-state index is 16.1. The molecule has 9 rings (SSSR count). The number of aromatic nitrogens is 1. The quantitative estimate of drug-likeness (QED) is 0.249. The van der Waals surface area contributed by atoms with Gasteiger partial charge in [0.15, 0.2) is 29.6 Å². The Kier molecular flexibility index (Phi) is 9.93. The van der Waals surface area contributed by atoms with E-state index < -0.39 is 58.1 Å². The normalized spacial score (nSPS) is 32.1. The average Bonchev–Trinajstić information content (AvgIpc) is 4.03. The van der Waals surface area contributed by atoms with Crippen LogP contribution in [-0.2, 0) is 19.1 Å². The van der Waals surface area contributed by atoms with E-state index in [-0.39, 0.29) is 76.4 Å². The SMILES string of the molecule is COc1c(N2CCNC(C)C2)c(F)cc2c(=O)c(C(=O)OCC(=O)[C@]3(OC(=O)c4ccccc4)CC[C@@H]4[C@H]5CCC6=CC(=O)C=C[C@@]6(C)C5[C@H](O)C[C@]43C)cn(C3CC3)c12. The summed E-state index contributed by atoms with van der Waals surface area (Å²) in [7, 11) is 1.44. The lowest BCUT2D eigenvalue weighted by molar-refractivity contribution is -0.179. The maximum atomic E-state index is 16.1. The molecule has 8 atom stereocenters. The summed E-state index contributed by atoms with van der Waals surface area (Å²) in [5.74, 6) is -3.35. The molecular formula is C47H52FN3O9. The molecule has 3 aromatic rings. The maximum Gasteiger partial charge on any atom is 0.344 e. The Bertz CT molecular complexity index is 2420. The predicted octanol–water partition coefficient (Wildman–Crippen LogP) is 5.88. The molecule has 316 valence electrons. The number of benzene rings is 2. The number of nitrogens with zero attached hydrogens (tertiary/aromatic N) is 2. The minimum Gasteiger partial charge on any atom is -0.492 e. The number of aliphatic hydroxyl groups excluding tert-OH is 1. The van der Waals surface area contributed by atoms with Crippen LogP contribution in [0, 0.1) is 34.4 Å². The molecule has 5 fully saturated rings. The van der Waals surface area contributed by atoms with Gasteiger partial charge in [-0.25, -0.2) is 14.0 Å². The first-order valence-corrected chi connectivity index (χ1v) is 21.3. The highest BCUT2D eigenvalue weighted by molar-refractivity contribution is 6.02. The summed E-state index contributed by atoms with van der Waals surface area (Å²) in [6.45, 7) is 6.88. The summed E-state index contributed by atoms with van der Waals surface area (Å²) >= 11 is 0. The lowest BCUT2D eigenvalue weighted by Crippen LogP contribution is -2.63. The smallest absolute Gasteiger partial charge is 0.344 e. The molecule has 6 aliphatic rings. The van der Waals surface area contributed by atoms with Crippen LogP contribution >= 0.6 is 0 Å². The van der Waals surface area contributed by atoms with Gasteiger partial charge in [-0.15, -0.1) is 0 Å². The van der Waals surface area contributed by atoms with Gasteiger partial charge in [-0.3, -0.25) is 14.4 Å². The largest absolute Gasteiger partial charge is 0.492 e. The molecule has 2 aromatic carbocycles. The molecule has 2 heterocycles. The fraction of sp³-hybridized carbons (Fsp3) is 0.511. The zero-order chi connectivity index (χ0) is 42.3. The van der Waals surface area contributed by atoms with Gasteiger partial charge in [-0.2, -0.15) is 0 Å². The van der Waals surface area contributed by atoms with Gasteiger partial charge >= 0.3 is 11.9 Å². The van der Waals surface area contributed by atoms with Crippen molar-refractivity contribution in [3.8, 4) is 5.75 Å². The number of methoxy groups -OCH3 is 1. The van der Waals surface area contributed by atoms with Gasteiger partial charge in [0.05, 0.1) is 29.7 Å². The fourth-order valence-corrected chi connectivity index (χ4v) is 12.0. The van der Waals surface area contributed by atoms with Crippen LogP contribution in [0.4, 0.5) is 10.1 Å². The Hall–Kier alpha value is -5.14. The third-order valence-corrected chi connectivity index (χ3v) is 14.9. The molecule has 4 saturated carbocycles. The van der Waals surface area contributed by atoms with Crippen molar-refractivity contribution in [1.29, 1.82) is 0 Å². The number of Topliss-reactive ketones (excluding diaryl/α,β-unsaturated/α-hetero) is 1. The number of nitrogens with one attached hydrogen (secondary N) is 1. The number of pyridine rings is 1. The van der Waals surface area contributed by atoms with Crippen molar-refractivity contribution in [2.75, 3.05) is 38.3 Å². The van der Waals surface area contributed by atoms with Gasteiger partial charge in [0.1, 0.15) is 11.3 Å². The van der Waals surface area contributed by atoms with E-state index in [1.54, 1.807) is 47.1 Å². The lowest BCUT2D eigenvalue weighted by atomic mass is 9.46. The van der Waals surface area contributed by atoms with Crippen molar-refractivity contribution in [1.82, 2.24) is 9.88 Å². The van der Waals surface area contributed by atoms with Gasteiger partial charge in [0, 0.05) is 54.7 Å². The zero-order valence-electron chi connectivity index (χ0n) is 34.5. The van der Waals surface area contributed by atoms with Crippen LogP contribution in [0.15, 0.2) is 71.2 Å². The van der Waals surface area contributed by atoms with Crippen LogP contribution in [-0.4, -0.2) is 84.3 Å². The molecule has 1 aliphatic heterocycles. The molecule has 1 saturated heterocycles. The first-order chi connectivity index (χ1) is 28.7. The number of carbonyl (C=O) groups is 4. The van der Waals surface area contributed by atoms with Crippen molar-refractivity contribution in [3.63, 3.8) is 0 Å². The highest BCUT2D eigenvalue weighted by Gasteiger charge is 2.70. The molecule has 2 unspecified atom stereocenters. The second-order valence-corrected chi connectivity index (χ2v) is 18.3. The number of halogens is 1. The molecule has 5 aliphatic carbocycles. The number of anilines is 1. The topological polar surface area (TPSA) is 153 Å². The minimum absolute atomic E-state index is 0.0366. The van der Waals surface area contributed by atoms with Crippen molar-refractivity contribution in [3.05, 3.63) is 93.6 Å². The van der Waals surface area contributed by atoms with Crippen molar-refractivity contribution in [2.45, 2.75) is 89.5 Å². The van der Waals surface area contributed by atoms with Crippen LogP contribution in [0.5, 0.6) is 5.75 Å². The van der Waals surface area contributed by atoms with Crippen molar-refractivity contribution < 1.29 is 42.9 Å². The molecule has 12 nitrogen and oxygen atoms in total. The van der Waals surface area contributed by atoms with E-state index in [0.29, 0.717) is 44.4 Å². The Morgan fingerprint density at radius 3 is 2.53 bits per heavy atom. The third kappa shape index (κ3) is 6.25. The van der Waals surface area contributed by atoms with E-state index >= 15 is 4.39 Å². The average molecular weight is 822 g/mol. The van der Waals surface area contributed by atoms with E-state index in [2.05, 4.69) is 12.2 Å². The Morgan fingerprint density at radius 2 is 1.82 bits per heavy atom. The molecule has 60 heavy (non-hydrogen) atoms. The Labute approximate surface area is 347 Å². The standard InChI is InChI=1S/C47H52FN3O9/c1-26-23-50(19-18-49-26)40-35(48)21-32-39(42(40)58-4)51(29-11-12-29)24-33(41(32)55)44(57)59-25-37(54)47(60-43(56)27-8-6-5-7-9-27)17-15-34-31-13-10-28-20-30(52)14-16-45(28,2)38(31)36(53)22-46(34,47)3/h5-9,14,16,20-21,24,26,29,31,34,36,38,49,53H,10-13,15,17-19,22-23,25H2,1-4H3/t26?,31-,34-,36-,38?,45-,46-,47-/m1/s1. The van der Waals surface area contributed by atoms with Gasteiger partial charge in [0.2, 0.25) is 11.2 Å². The highest BCUT2D eigenvalue weighted by Crippen LogP contribution is 2.68. The summed E-state index contributed by atoms with van der Waals surface area (Å²) < 4.78 is 35.9. The molecular weight excluding hydrogens is 770 g/mol. The Morgan fingerprint density at radius 1 is 1.05 bits per heavy atom. The van der Waals surface area contributed by atoms with E-state index in [1.807, 2.05) is 24.8 Å². The number of hydrogen-bond acceptors (Lipinski definition) is 11. The van der Waals surface area contributed by atoms with E-state index in [1.165, 1.54) is 13.3 Å². The monoisotopic (exact) mass is 821 g/mol.